The van der Waals surface area contributed by atoms with Crippen LogP contribution in [-0.2, 0) is 4.79 Å². The zero-order valence-corrected chi connectivity index (χ0v) is 23.7. The highest BCUT2D eigenvalue weighted by atomic mass is 16.2. The summed E-state index contributed by atoms with van der Waals surface area (Å²) in [6.07, 6.45) is 28.8. The van der Waals surface area contributed by atoms with Crippen LogP contribution in [0.1, 0.15) is 129 Å². The molecule has 0 radical (unpaired) electrons. The van der Waals surface area contributed by atoms with Crippen LogP contribution in [0, 0.1) is 5.92 Å². The average molecular weight is 503 g/mol. The van der Waals surface area contributed by atoms with E-state index in [1.165, 1.54) is 83.5 Å². The van der Waals surface area contributed by atoms with Gasteiger partial charge in [-0.15, -0.1) is 0 Å². The molecule has 5 heteroatoms. The van der Waals surface area contributed by atoms with E-state index in [9.17, 15) is 4.79 Å². The first kappa shape index (κ1) is 31.0. The van der Waals surface area contributed by atoms with Crippen LogP contribution in [-0.4, -0.2) is 55.9 Å². The lowest BCUT2D eigenvalue weighted by molar-refractivity contribution is -0.129. The van der Waals surface area contributed by atoms with Crippen LogP contribution in [0.4, 0.5) is 0 Å². The molecule has 0 aromatic heterocycles. The summed E-state index contributed by atoms with van der Waals surface area (Å²) >= 11 is 0. The number of carbonyl (C=O) groups excluding carboxylic acids is 1. The van der Waals surface area contributed by atoms with Crippen molar-refractivity contribution in [1.29, 1.82) is 0 Å². The Morgan fingerprint density at radius 2 is 1.36 bits per heavy atom. The number of amides is 1. The zero-order valence-electron chi connectivity index (χ0n) is 23.7. The highest BCUT2D eigenvalue weighted by Gasteiger charge is 2.35. The van der Waals surface area contributed by atoms with Crippen molar-refractivity contribution in [2.24, 2.45) is 10.9 Å². The van der Waals surface area contributed by atoms with Crippen LogP contribution in [0.15, 0.2) is 17.1 Å². The summed E-state index contributed by atoms with van der Waals surface area (Å²) in [7, 11) is 0. The summed E-state index contributed by atoms with van der Waals surface area (Å²) in [5, 5.41) is 6.99. The van der Waals surface area contributed by atoms with Crippen molar-refractivity contribution >= 4 is 11.7 Å². The maximum absolute atomic E-state index is 13.0. The van der Waals surface area contributed by atoms with Crippen LogP contribution in [0.5, 0.6) is 0 Å². The minimum absolute atomic E-state index is 0.0911. The summed E-state index contributed by atoms with van der Waals surface area (Å²) in [6, 6.07) is 0. The largest absolute Gasteiger partial charge is 0.317 e. The van der Waals surface area contributed by atoms with E-state index in [-0.39, 0.29) is 5.92 Å². The van der Waals surface area contributed by atoms with Gasteiger partial charge in [0.25, 0.3) is 0 Å². The second-order valence-corrected chi connectivity index (χ2v) is 11.0. The lowest BCUT2D eigenvalue weighted by atomic mass is 10.0. The standard InChI is InChI=1S/C31H58N4O/c1-2-3-4-5-6-7-8-9-10-11-12-13-14-15-16-17-21-29-28-30-34-26-19-24-32-22-18-23-33-25-20-27-35(30)31(29)36/h16-17,29,32-33H,2-15,18-28H2,1H3. The monoisotopic (exact) mass is 502 g/mol. The Bertz CT molecular complexity index is 603. The first-order valence-electron chi connectivity index (χ1n) is 15.7. The molecule has 1 amide bonds. The zero-order chi connectivity index (χ0) is 25.5. The number of unbranched alkanes of at least 4 members (excludes halogenated alkanes) is 13. The van der Waals surface area contributed by atoms with Gasteiger partial charge in [-0.2, -0.15) is 0 Å². The normalized spacial score (nSPS) is 20.5. The topological polar surface area (TPSA) is 56.7 Å². The molecule has 1 fully saturated rings. The van der Waals surface area contributed by atoms with E-state index in [1.807, 2.05) is 4.90 Å². The molecule has 0 spiro atoms. The van der Waals surface area contributed by atoms with Crippen molar-refractivity contribution in [2.45, 2.75) is 129 Å². The third kappa shape index (κ3) is 14.5. The van der Waals surface area contributed by atoms with Gasteiger partial charge >= 0.3 is 0 Å². The number of fused-ring (bicyclic) bond motifs is 1. The Hall–Kier alpha value is -1.20. The summed E-state index contributed by atoms with van der Waals surface area (Å²) in [6.45, 7) is 8.03. The first-order valence-corrected chi connectivity index (χ1v) is 15.7. The third-order valence-corrected chi connectivity index (χ3v) is 7.67. The molecule has 0 aromatic carbocycles. The maximum Gasteiger partial charge on any atom is 0.231 e. The average Bonchev–Trinajstić information content (AvgIpc) is 3.18. The molecule has 1 saturated heterocycles. The van der Waals surface area contributed by atoms with Gasteiger partial charge in [-0.3, -0.25) is 9.79 Å². The van der Waals surface area contributed by atoms with E-state index >= 15 is 0 Å². The molecule has 0 saturated carbocycles. The quantitative estimate of drug-likeness (QED) is 0.176. The molecular formula is C31H58N4O. The molecule has 2 aliphatic heterocycles. The molecule has 2 heterocycles. The fourth-order valence-electron chi connectivity index (χ4n) is 5.36. The highest BCUT2D eigenvalue weighted by molar-refractivity contribution is 6.06. The highest BCUT2D eigenvalue weighted by Crippen LogP contribution is 2.25. The molecule has 1 unspecified atom stereocenters. The van der Waals surface area contributed by atoms with Crippen LogP contribution in [0.2, 0.25) is 0 Å². The molecular weight excluding hydrogens is 444 g/mol. The Labute approximate surface area is 223 Å². The summed E-state index contributed by atoms with van der Waals surface area (Å²) < 4.78 is 0. The number of hydrogen-bond donors (Lipinski definition) is 2. The predicted octanol–water partition coefficient (Wildman–Crippen LogP) is 7.02. The van der Waals surface area contributed by atoms with E-state index in [0.717, 1.165) is 83.6 Å². The number of hydrogen-bond acceptors (Lipinski definition) is 4. The van der Waals surface area contributed by atoms with Crippen LogP contribution < -0.4 is 10.6 Å². The van der Waals surface area contributed by atoms with Crippen LogP contribution in [0.25, 0.3) is 0 Å². The molecule has 2 N–H and O–H groups in total. The number of allylic oxidation sites excluding steroid dienone is 2. The minimum Gasteiger partial charge on any atom is -0.317 e. The minimum atomic E-state index is 0.0911. The van der Waals surface area contributed by atoms with Crippen molar-refractivity contribution < 1.29 is 4.79 Å². The smallest absolute Gasteiger partial charge is 0.231 e. The molecule has 208 valence electrons. The van der Waals surface area contributed by atoms with Gasteiger partial charge in [-0.05, 0) is 64.7 Å². The van der Waals surface area contributed by atoms with Crippen molar-refractivity contribution in [3.63, 3.8) is 0 Å². The van der Waals surface area contributed by atoms with Crippen molar-refractivity contribution in [2.75, 3.05) is 39.3 Å². The second-order valence-electron chi connectivity index (χ2n) is 11.0. The molecule has 5 nitrogen and oxygen atoms in total. The number of carbonyl (C=O) groups is 1. The van der Waals surface area contributed by atoms with Crippen LogP contribution in [0.3, 0.4) is 0 Å². The van der Waals surface area contributed by atoms with E-state index in [2.05, 4.69) is 29.7 Å². The van der Waals surface area contributed by atoms with Gasteiger partial charge < -0.3 is 15.5 Å². The fourth-order valence-corrected chi connectivity index (χ4v) is 5.36. The Morgan fingerprint density at radius 1 is 0.778 bits per heavy atom. The lowest BCUT2D eigenvalue weighted by Crippen LogP contribution is -2.34. The van der Waals surface area contributed by atoms with Crippen molar-refractivity contribution in [3.8, 4) is 0 Å². The van der Waals surface area contributed by atoms with Gasteiger partial charge in [0.05, 0.1) is 0 Å². The maximum atomic E-state index is 13.0. The number of aliphatic imine (C=N–C) groups is 1. The molecule has 0 aliphatic carbocycles. The van der Waals surface area contributed by atoms with Gasteiger partial charge in [0.15, 0.2) is 0 Å². The fraction of sp³-hybridized carbons (Fsp3) is 0.871. The van der Waals surface area contributed by atoms with Gasteiger partial charge in [0.1, 0.15) is 5.84 Å². The van der Waals surface area contributed by atoms with Crippen molar-refractivity contribution in [1.82, 2.24) is 15.5 Å². The predicted molar refractivity (Wildman–Crippen MR) is 156 cm³/mol. The lowest BCUT2D eigenvalue weighted by Gasteiger charge is -2.18. The Morgan fingerprint density at radius 3 is 2.03 bits per heavy atom. The Balaban J connectivity index is 1.53. The molecule has 36 heavy (non-hydrogen) atoms. The summed E-state index contributed by atoms with van der Waals surface area (Å²) in [5.41, 5.74) is 0. The molecule has 0 aromatic rings. The molecule has 0 bridgehead atoms. The van der Waals surface area contributed by atoms with E-state index in [1.54, 1.807) is 0 Å². The van der Waals surface area contributed by atoms with E-state index in [0.29, 0.717) is 5.91 Å². The first-order chi connectivity index (χ1) is 17.8. The number of rotatable bonds is 16. The SMILES string of the molecule is CCCCCCCCCCCCCCCC=CCC1CC2=NCCCNCCCNCCCN2C1=O. The number of amidine groups is 1. The van der Waals surface area contributed by atoms with E-state index < -0.39 is 0 Å². The molecule has 2 rings (SSSR count). The number of nitrogens with zero attached hydrogens (tertiary/aromatic N) is 2. The third-order valence-electron chi connectivity index (χ3n) is 7.67. The van der Waals surface area contributed by atoms with Gasteiger partial charge in [-0.25, -0.2) is 0 Å². The molecule has 2 aliphatic rings. The second kappa shape index (κ2) is 21.8. The van der Waals surface area contributed by atoms with Gasteiger partial charge in [0, 0.05) is 25.4 Å². The van der Waals surface area contributed by atoms with E-state index in [4.69, 9.17) is 4.99 Å². The number of nitrogens with one attached hydrogen (secondary N) is 2. The van der Waals surface area contributed by atoms with Crippen molar-refractivity contribution in [3.05, 3.63) is 12.2 Å². The molecule has 1 atom stereocenters. The van der Waals surface area contributed by atoms with Crippen LogP contribution >= 0.6 is 0 Å². The Kier molecular flexibility index (Phi) is 18.8. The van der Waals surface area contributed by atoms with Gasteiger partial charge in [-0.1, -0.05) is 96.1 Å². The summed E-state index contributed by atoms with van der Waals surface area (Å²) in [4.78, 5) is 19.9. The summed E-state index contributed by atoms with van der Waals surface area (Å²) in [5.74, 6) is 1.42. The van der Waals surface area contributed by atoms with Gasteiger partial charge in [0.2, 0.25) is 5.91 Å².